The van der Waals surface area contributed by atoms with Gasteiger partial charge >= 0.3 is 0 Å². The average Bonchev–Trinajstić information content (AvgIpc) is 2.49. The third-order valence-corrected chi connectivity index (χ3v) is 2.95. The highest BCUT2D eigenvalue weighted by atomic mass is 15.1. The van der Waals surface area contributed by atoms with E-state index in [1.165, 1.54) is 30.5 Å². The van der Waals surface area contributed by atoms with Gasteiger partial charge in [0.2, 0.25) is 0 Å². The summed E-state index contributed by atoms with van der Waals surface area (Å²) in [5.41, 5.74) is 2.78. The molecule has 0 unspecified atom stereocenters. The molecule has 1 heterocycles. The van der Waals surface area contributed by atoms with E-state index in [-0.39, 0.29) is 0 Å². The van der Waals surface area contributed by atoms with Gasteiger partial charge in [0.15, 0.2) is 0 Å². The van der Waals surface area contributed by atoms with Gasteiger partial charge in [-0.3, -0.25) is 0 Å². The fourth-order valence-corrected chi connectivity index (χ4v) is 2.19. The number of hydrogen-bond acceptors (Lipinski definition) is 2. The molecule has 0 aromatic heterocycles. The minimum atomic E-state index is 0.619. The van der Waals surface area contributed by atoms with Crippen LogP contribution in [0, 0.1) is 11.3 Å². The first-order chi connectivity index (χ1) is 7.42. The van der Waals surface area contributed by atoms with Crippen LogP contribution in [-0.4, -0.2) is 13.1 Å². The monoisotopic (exact) mass is 200 g/mol. The second kappa shape index (κ2) is 4.84. The summed E-state index contributed by atoms with van der Waals surface area (Å²) in [5.74, 6) is 0. The Bertz CT molecular complexity index is 365. The minimum Gasteiger partial charge on any atom is -0.370 e. The Kier molecular flexibility index (Phi) is 3.24. The van der Waals surface area contributed by atoms with Crippen molar-refractivity contribution in [2.45, 2.75) is 25.7 Å². The Morgan fingerprint density at radius 2 is 2.13 bits per heavy atom. The van der Waals surface area contributed by atoms with Crippen LogP contribution >= 0.6 is 0 Å². The summed E-state index contributed by atoms with van der Waals surface area (Å²) in [4.78, 5) is 2.35. The molecule has 0 aliphatic carbocycles. The Morgan fingerprint density at radius 1 is 1.27 bits per heavy atom. The summed E-state index contributed by atoms with van der Waals surface area (Å²) in [6.07, 6.45) is 4.30. The number of nitrogens with zero attached hydrogens (tertiary/aromatic N) is 2. The van der Waals surface area contributed by atoms with Crippen molar-refractivity contribution >= 4 is 5.69 Å². The normalized spacial score (nSPS) is 15.3. The van der Waals surface area contributed by atoms with Crippen LogP contribution in [-0.2, 0) is 6.42 Å². The van der Waals surface area contributed by atoms with Crippen molar-refractivity contribution < 1.29 is 0 Å². The van der Waals surface area contributed by atoms with E-state index in [0.717, 1.165) is 13.1 Å². The van der Waals surface area contributed by atoms with Gasteiger partial charge in [-0.1, -0.05) is 18.2 Å². The summed E-state index contributed by atoms with van der Waals surface area (Å²) in [6.45, 7) is 1.96. The average molecular weight is 200 g/mol. The lowest BCUT2D eigenvalue weighted by Gasteiger charge is -2.23. The highest BCUT2D eigenvalue weighted by Gasteiger charge is 2.13. The zero-order valence-electron chi connectivity index (χ0n) is 8.95. The lowest BCUT2D eigenvalue weighted by molar-refractivity contribution is 0.716. The first-order valence-electron chi connectivity index (χ1n) is 5.61. The molecule has 2 nitrogen and oxygen atoms in total. The van der Waals surface area contributed by atoms with E-state index in [9.17, 15) is 0 Å². The number of fused-ring (bicyclic) bond motifs is 1. The second-order valence-electron chi connectivity index (χ2n) is 3.98. The number of aryl methyl sites for hydroxylation is 1. The number of nitriles is 1. The Labute approximate surface area is 91.1 Å². The molecule has 0 N–H and O–H groups in total. The Balaban J connectivity index is 2.21. The largest absolute Gasteiger partial charge is 0.370 e. The van der Waals surface area contributed by atoms with Crippen LogP contribution in [0.1, 0.15) is 24.8 Å². The van der Waals surface area contributed by atoms with Crippen molar-refractivity contribution in [3.63, 3.8) is 0 Å². The molecule has 0 radical (unpaired) electrons. The van der Waals surface area contributed by atoms with Gasteiger partial charge in [-0.25, -0.2) is 0 Å². The molecule has 0 amide bonds. The van der Waals surface area contributed by atoms with E-state index in [0.29, 0.717) is 6.42 Å². The Hall–Kier alpha value is -1.49. The Morgan fingerprint density at radius 3 is 3.00 bits per heavy atom. The molecule has 1 aliphatic heterocycles. The summed E-state index contributed by atoms with van der Waals surface area (Å²) in [6, 6.07) is 10.8. The van der Waals surface area contributed by atoms with Gasteiger partial charge in [0, 0.05) is 18.8 Å². The first-order valence-corrected chi connectivity index (χ1v) is 5.61. The van der Waals surface area contributed by atoms with Gasteiger partial charge in [-0.2, -0.15) is 5.26 Å². The maximum Gasteiger partial charge on any atom is 0.0640 e. The second-order valence-corrected chi connectivity index (χ2v) is 3.98. The predicted octanol–water partition coefficient (Wildman–Crippen LogP) is 2.74. The number of anilines is 1. The van der Waals surface area contributed by atoms with Crippen molar-refractivity contribution in [2.75, 3.05) is 18.0 Å². The smallest absolute Gasteiger partial charge is 0.0640 e. The van der Waals surface area contributed by atoms with Gasteiger partial charge in [-0.05, 0) is 30.9 Å². The zero-order chi connectivity index (χ0) is 10.5. The molecule has 0 saturated heterocycles. The quantitative estimate of drug-likeness (QED) is 0.734. The fourth-order valence-electron chi connectivity index (χ4n) is 2.19. The maximum atomic E-state index is 8.64. The van der Waals surface area contributed by atoms with E-state index >= 15 is 0 Å². The van der Waals surface area contributed by atoms with Gasteiger partial charge in [0.1, 0.15) is 0 Å². The zero-order valence-corrected chi connectivity index (χ0v) is 8.95. The van der Waals surface area contributed by atoms with Crippen molar-refractivity contribution in [2.24, 2.45) is 0 Å². The van der Waals surface area contributed by atoms with E-state index in [1.54, 1.807) is 0 Å². The van der Waals surface area contributed by atoms with Crippen LogP contribution in [0.5, 0.6) is 0 Å². The lowest BCUT2D eigenvalue weighted by atomic mass is 10.1. The third kappa shape index (κ3) is 2.30. The first kappa shape index (κ1) is 10.0. The van der Waals surface area contributed by atoms with Crippen LogP contribution < -0.4 is 4.90 Å². The molecule has 1 aliphatic rings. The molecular weight excluding hydrogens is 184 g/mol. The van der Waals surface area contributed by atoms with Gasteiger partial charge in [0.05, 0.1) is 12.5 Å². The molecule has 2 heteroatoms. The molecule has 15 heavy (non-hydrogen) atoms. The number of benzene rings is 1. The molecule has 1 aromatic carbocycles. The van der Waals surface area contributed by atoms with Crippen LogP contribution in [0.15, 0.2) is 24.3 Å². The highest BCUT2D eigenvalue weighted by molar-refractivity contribution is 5.54. The van der Waals surface area contributed by atoms with Crippen molar-refractivity contribution in [1.82, 2.24) is 0 Å². The molecular formula is C13H16N2. The minimum absolute atomic E-state index is 0.619. The SMILES string of the molecule is N#CCCN1CCCCc2ccccc21. The van der Waals surface area contributed by atoms with Crippen molar-refractivity contribution in [1.29, 1.82) is 5.26 Å². The van der Waals surface area contributed by atoms with Crippen molar-refractivity contribution in [3.05, 3.63) is 29.8 Å². The highest BCUT2D eigenvalue weighted by Crippen LogP contribution is 2.25. The van der Waals surface area contributed by atoms with Crippen LogP contribution in [0.25, 0.3) is 0 Å². The number of para-hydroxylation sites is 1. The van der Waals surface area contributed by atoms with Crippen LogP contribution in [0.3, 0.4) is 0 Å². The molecule has 0 saturated carbocycles. The van der Waals surface area contributed by atoms with Gasteiger partial charge in [-0.15, -0.1) is 0 Å². The fraction of sp³-hybridized carbons (Fsp3) is 0.462. The van der Waals surface area contributed by atoms with Crippen LogP contribution in [0.2, 0.25) is 0 Å². The topological polar surface area (TPSA) is 27.0 Å². The number of hydrogen-bond donors (Lipinski definition) is 0. The lowest BCUT2D eigenvalue weighted by Crippen LogP contribution is -2.24. The molecule has 2 rings (SSSR count). The molecule has 0 fully saturated rings. The number of rotatable bonds is 2. The molecule has 78 valence electrons. The summed E-state index contributed by atoms with van der Waals surface area (Å²) >= 11 is 0. The van der Waals surface area contributed by atoms with E-state index in [4.69, 9.17) is 5.26 Å². The maximum absolute atomic E-state index is 8.64. The summed E-state index contributed by atoms with van der Waals surface area (Å²) < 4.78 is 0. The van der Waals surface area contributed by atoms with Crippen molar-refractivity contribution in [3.8, 4) is 6.07 Å². The van der Waals surface area contributed by atoms with E-state index < -0.39 is 0 Å². The van der Waals surface area contributed by atoms with Gasteiger partial charge < -0.3 is 4.90 Å². The predicted molar refractivity (Wildman–Crippen MR) is 61.8 cm³/mol. The molecule has 0 atom stereocenters. The van der Waals surface area contributed by atoms with E-state index in [2.05, 4.69) is 35.2 Å². The molecule has 0 spiro atoms. The molecule has 0 bridgehead atoms. The molecule has 1 aromatic rings. The van der Waals surface area contributed by atoms with Gasteiger partial charge in [0.25, 0.3) is 0 Å². The van der Waals surface area contributed by atoms with Crippen LogP contribution in [0.4, 0.5) is 5.69 Å². The third-order valence-electron chi connectivity index (χ3n) is 2.95. The summed E-state index contributed by atoms with van der Waals surface area (Å²) in [5, 5.41) is 8.64. The summed E-state index contributed by atoms with van der Waals surface area (Å²) in [7, 11) is 0. The van der Waals surface area contributed by atoms with E-state index in [1.807, 2.05) is 0 Å². The standard InChI is InChI=1S/C13H16N2/c14-9-5-11-15-10-4-3-7-12-6-1-2-8-13(12)15/h1-2,6,8H,3-5,7,10-11H2.